The van der Waals surface area contributed by atoms with Crippen LogP contribution in [0.15, 0.2) is 36.5 Å². The van der Waals surface area contributed by atoms with Crippen molar-refractivity contribution >= 4 is 0 Å². The van der Waals surface area contributed by atoms with Crippen LogP contribution in [0.1, 0.15) is 12.5 Å². The standard InChI is InChI=1S/C14H19N3O/c1-2-18-9-8-15-10-13-11-16-17-14(13)12-6-4-3-5-7-12/h3-7,11,15H,2,8-10H2,1H3,(H,16,17). The van der Waals surface area contributed by atoms with Crippen molar-refractivity contribution in [3.05, 3.63) is 42.1 Å². The molecule has 1 aromatic carbocycles. The van der Waals surface area contributed by atoms with Crippen molar-refractivity contribution < 1.29 is 4.74 Å². The lowest BCUT2D eigenvalue weighted by Crippen LogP contribution is -2.19. The van der Waals surface area contributed by atoms with Crippen LogP contribution in [0.5, 0.6) is 0 Å². The highest BCUT2D eigenvalue weighted by molar-refractivity contribution is 5.62. The van der Waals surface area contributed by atoms with Gasteiger partial charge in [0.25, 0.3) is 0 Å². The molecule has 0 aliphatic rings. The number of benzene rings is 1. The summed E-state index contributed by atoms with van der Waals surface area (Å²) in [5, 5.41) is 10.5. The number of nitrogens with one attached hydrogen (secondary N) is 2. The summed E-state index contributed by atoms with van der Waals surface area (Å²) in [5.74, 6) is 0. The van der Waals surface area contributed by atoms with Gasteiger partial charge in [-0.3, -0.25) is 5.10 Å². The van der Waals surface area contributed by atoms with E-state index in [-0.39, 0.29) is 0 Å². The molecule has 0 aliphatic heterocycles. The van der Waals surface area contributed by atoms with E-state index < -0.39 is 0 Å². The number of H-pyrrole nitrogens is 1. The van der Waals surface area contributed by atoms with Crippen LogP contribution in [-0.2, 0) is 11.3 Å². The Kier molecular flexibility index (Phi) is 4.93. The first kappa shape index (κ1) is 12.8. The molecule has 1 aromatic heterocycles. The zero-order chi connectivity index (χ0) is 12.6. The number of aromatic amines is 1. The van der Waals surface area contributed by atoms with Gasteiger partial charge in [-0.1, -0.05) is 30.3 Å². The Morgan fingerprint density at radius 2 is 2.11 bits per heavy atom. The SMILES string of the molecule is CCOCCNCc1cn[nH]c1-c1ccccc1. The molecule has 0 fully saturated rings. The van der Waals surface area contributed by atoms with E-state index in [1.807, 2.05) is 31.3 Å². The van der Waals surface area contributed by atoms with Gasteiger partial charge in [-0.25, -0.2) is 0 Å². The quantitative estimate of drug-likeness (QED) is 0.735. The van der Waals surface area contributed by atoms with Crippen molar-refractivity contribution in [3.63, 3.8) is 0 Å². The molecule has 96 valence electrons. The van der Waals surface area contributed by atoms with E-state index in [1.165, 1.54) is 5.56 Å². The monoisotopic (exact) mass is 245 g/mol. The fourth-order valence-corrected chi connectivity index (χ4v) is 1.81. The largest absolute Gasteiger partial charge is 0.380 e. The third kappa shape index (κ3) is 3.42. The van der Waals surface area contributed by atoms with Gasteiger partial charge in [0, 0.05) is 25.3 Å². The molecule has 4 nitrogen and oxygen atoms in total. The van der Waals surface area contributed by atoms with Crippen LogP contribution >= 0.6 is 0 Å². The maximum atomic E-state index is 5.28. The van der Waals surface area contributed by atoms with Crippen molar-refractivity contribution in [2.45, 2.75) is 13.5 Å². The average Bonchev–Trinajstić information content (AvgIpc) is 2.88. The number of aromatic nitrogens is 2. The second kappa shape index (κ2) is 6.93. The Hall–Kier alpha value is -1.65. The van der Waals surface area contributed by atoms with Gasteiger partial charge >= 0.3 is 0 Å². The van der Waals surface area contributed by atoms with Crippen molar-refractivity contribution in [2.24, 2.45) is 0 Å². The third-order valence-corrected chi connectivity index (χ3v) is 2.72. The maximum absolute atomic E-state index is 5.28. The Bertz CT molecular complexity index is 453. The molecular formula is C14H19N3O. The van der Waals surface area contributed by atoms with Crippen LogP contribution in [0.4, 0.5) is 0 Å². The van der Waals surface area contributed by atoms with Gasteiger partial charge in [-0.2, -0.15) is 5.10 Å². The molecule has 0 atom stereocenters. The maximum Gasteiger partial charge on any atom is 0.0695 e. The topological polar surface area (TPSA) is 49.9 Å². The zero-order valence-corrected chi connectivity index (χ0v) is 10.6. The van der Waals surface area contributed by atoms with E-state index in [4.69, 9.17) is 4.74 Å². The summed E-state index contributed by atoms with van der Waals surface area (Å²) in [7, 11) is 0. The highest BCUT2D eigenvalue weighted by Gasteiger charge is 2.06. The molecule has 18 heavy (non-hydrogen) atoms. The first-order chi connectivity index (χ1) is 8.92. The summed E-state index contributed by atoms with van der Waals surface area (Å²) in [6, 6.07) is 10.2. The molecule has 0 aliphatic carbocycles. The summed E-state index contributed by atoms with van der Waals surface area (Å²) in [6.45, 7) is 5.17. The molecule has 1 heterocycles. The predicted molar refractivity (Wildman–Crippen MR) is 72.2 cm³/mol. The van der Waals surface area contributed by atoms with E-state index >= 15 is 0 Å². The molecule has 0 saturated carbocycles. The van der Waals surface area contributed by atoms with E-state index in [2.05, 4.69) is 27.6 Å². The molecule has 0 radical (unpaired) electrons. The van der Waals surface area contributed by atoms with Crippen LogP contribution in [0.25, 0.3) is 11.3 Å². The first-order valence-corrected chi connectivity index (χ1v) is 6.28. The zero-order valence-electron chi connectivity index (χ0n) is 10.6. The highest BCUT2D eigenvalue weighted by Crippen LogP contribution is 2.20. The lowest BCUT2D eigenvalue weighted by Gasteiger charge is -2.05. The summed E-state index contributed by atoms with van der Waals surface area (Å²) in [6.07, 6.45) is 1.87. The van der Waals surface area contributed by atoms with Gasteiger partial charge in [-0.05, 0) is 12.5 Å². The summed E-state index contributed by atoms with van der Waals surface area (Å²) < 4.78 is 5.28. The van der Waals surface area contributed by atoms with Crippen LogP contribution in [0.3, 0.4) is 0 Å². The third-order valence-electron chi connectivity index (χ3n) is 2.72. The molecule has 0 unspecified atom stereocenters. The lowest BCUT2D eigenvalue weighted by atomic mass is 10.1. The van der Waals surface area contributed by atoms with Crippen molar-refractivity contribution in [2.75, 3.05) is 19.8 Å². The van der Waals surface area contributed by atoms with E-state index in [0.717, 1.165) is 37.6 Å². The molecule has 2 N–H and O–H groups in total. The number of ether oxygens (including phenoxy) is 1. The molecular weight excluding hydrogens is 226 g/mol. The normalized spacial score (nSPS) is 10.7. The predicted octanol–water partition coefficient (Wildman–Crippen LogP) is 2.20. The molecule has 4 heteroatoms. The molecule has 0 spiro atoms. The number of rotatable bonds is 7. The summed E-state index contributed by atoms with van der Waals surface area (Å²) in [4.78, 5) is 0. The van der Waals surface area contributed by atoms with E-state index in [1.54, 1.807) is 0 Å². The van der Waals surface area contributed by atoms with Gasteiger partial charge in [0.2, 0.25) is 0 Å². The lowest BCUT2D eigenvalue weighted by molar-refractivity contribution is 0.149. The minimum atomic E-state index is 0.745. The Morgan fingerprint density at radius 3 is 2.89 bits per heavy atom. The molecule has 2 rings (SSSR count). The van der Waals surface area contributed by atoms with Crippen molar-refractivity contribution in [3.8, 4) is 11.3 Å². The number of hydrogen-bond acceptors (Lipinski definition) is 3. The second-order valence-electron chi connectivity index (χ2n) is 4.01. The van der Waals surface area contributed by atoms with Crippen molar-refractivity contribution in [1.29, 1.82) is 0 Å². The molecule has 0 amide bonds. The van der Waals surface area contributed by atoms with Gasteiger partial charge in [-0.15, -0.1) is 0 Å². The summed E-state index contributed by atoms with van der Waals surface area (Å²) >= 11 is 0. The Balaban J connectivity index is 1.92. The van der Waals surface area contributed by atoms with Gasteiger partial charge in [0.05, 0.1) is 18.5 Å². The Labute approximate surface area is 107 Å². The van der Waals surface area contributed by atoms with Crippen LogP contribution < -0.4 is 5.32 Å². The Morgan fingerprint density at radius 1 is 1.28 bits per heavy atom. The minimum absolute atomic E-state index is 0.745. The van der Waals surface area contributed by atoms with Crippen LogP contribution in [0, 0.1) is 0 Å². The van der Waals surface area contributed by atoms with Gasteiger partial charge in [0.1, 0.15) is 0 Å². The number of hydrogen-bond donors (Lipinski definition) is 2. The molecule has 2 aromatic rings. The van der Waals surface area contributed by atoms with Gasteiger partial charge in [0.15, 0.2) is 0 Å². The van der Waals surface area contributed by atoms with E-state index in [9.17, 15) is 0 Å². The van der Waals surface area contributed by atoms with Crippen LogP contribution in [-0.4, -0.2) is 30.0 Å². The molecule has 0 saturated heterocycles. The summed E-state index contributed by atoms with van der Waals surface area (Å²) in [5.41, 5.74) is 3.42. The second-order valence-corrected chi connectivity index (χ2v) is 4.01. The van der Waals surface area contributed by atoms with Gasteiger partial charge < -0.3 is 10.1 Å². The fourth-order valence-electron chi connectivity index (χ4n) is 1.81. The van der Waals surface area contributed by atoms with E-state index in [0.29, 0.717) is 0 Å². The number of nitrogens with zero attached hydrogens (tertiary/aromatic N) is 1. The van der Waals surface area contributed by atoms with Crippen molar-refractivity contribution in [1.82, 2.24) is 15.5 Å². The average molecular weight is 245 g/mol. The smallest absolute Gasteiger partial charge is 0.0695 e. The molecule has 0 bridgehead atoms. The first-order valence-electron chi connectivity index (χ1n) is 6.28. The highest BCUT2D eigenvalue weighted by atomic mass is 16.5. The van der Waals surface area contributed by atoms with Crippen LogP contribution in [0.2, 0.25) is 0 Å². The fraction of sp³-hybridized carbons (Fsp3) is 0.357. The minimum Gasteiger partial charge on any atom is -0.380 e.